The van der Waals surface area contributed by atoms with Gasteiger partial charge in [0.15, 0.2) is 0 Å². The number of hydrogen-bond acceptors (Lipinski definition) is 7. The van der Waals surface area contributed by atoms with Crippen LogP contribution in [0.15, 0.2) is 6.33 Å². The lowest BCUT2D eigenvalue weighted by Crippen LogP contribution is -2.37. The zero-order chi connectivity index (χ0) is 13.8. The average Bonchev–Trinajstić information content (AvgIpc) is 2.87. The summed E-state index contributed by atoms with van der Waals surface area (Å²) in [5, 5.41) is 2.79. The lowest BCUT2D eigenvalue weighted by Gasteiger charge is -2.20. The lowest BCUT2D eigenvalue weighted by atomic mass is 10.3. The molecule has 1 saturated heterocycles. The molecular weight excluding hydrogens is 248 g/mol. The first-order chi connectivity index (χ1) is 9.15. The molecule has 0 spiro atoms. The maximum Gasteiger partial charge on any atom is 0.407 e. The van der Waals surface area contributed by atoms with Gasteiger partial charge in [0.05, 0.1) is 13.2 Å². The Morgan fingerprint density at radius 3 is 3.05 bits per heavy atom. The van der Waals surface area contributed by atoms with Gasteiger partial charge in [0.25, 0.3) is 0 Å². The minimum Gasteiger partial charge on any atom is -0.453 e. The average molecular weight is 266 g/mol. The molecule has 0 radical (unpaired) electrons. The Labute approximate surface area is 111 Å². The first kappa shape index (κ1) is 13.3. The number of carbonyl (C=O) groups is 1. The van der Waals surface area contributed by atoms with Gasteiger partial charge in [0.1, 0.15) is 18.0 Å². The maximum atomic E-state index is 11.2. The number of ether oxygens (including phenoxy) is 1. The molecular formula is C11H18N6O2. The van der Waals surface area contributed by atoms with Crippen LogP contribution in [0.5, 0.6) is 0 Å². The van der Waals surface area contributed by atoms with Gasteiger partial charge in [-0.2, -0.15) is 0 Å². The molecule has 8 heteroatoms. The van der Waals surface area contributed by atoms with E-state index in [0.717, 1.165) is 24.3 Å². The van der Waals surface area contributed by atoms with E-state index in [0.29, 0.717) is 12.4 Å². The van der Waals surface area contributed by atoms with Crippen LogP contribution in [0, 0.1) is 6.92 Å². The molecule has 1 aliphatic rings. The molecule has 1 aromatic heterocycles. The number of amides is 1. The van der Waals surface area contributed by atoms with Crippen molar-refractivity contribution >= 4 is 17.7 Å². The Morgan fingerprint density at radius 2 is 2.37 bits per heavy atom. The van der Waals surface area contributed by atoms with Gasteiger partial charge in [-0.15, -0.1) is 0 Å². The van der Waals surface area contributed by atoms with Crippen molar-refractivity contribution in [2.45, 2.75) is 19.4 Å². The second-order valence-corrected chi connectivity index (χ2v) is 4.38. The topological polar surface area (TPSA) is 105 Å². The third kappa shape index (κ3) is 2.84. The molecule has 1 unspecified atom stereocenters. The lowest BCUT2D eigenvalue weighted by molar-refractivity contribution is 0.167. The van der Waals surface area contributed by atoms with Crippen molar-refractivity contribution in [1.82, 2.24) is 15.3 Å². The van der Waals surface area contributed by atoms with Crippen molar-refractivity contribution in [3.05, 3.63) is 11.9 Å². The highest BCUT2D eigenvalue weighted by atomic mass is 16.5. The molecule has 1 aliphatic heterocycles. The quantitative estimate of drug-likeness (QED) is 0.522. The van der Waals surface area contributed by atoms with Crippen molar-refractivity contribution in [3.63, 3.8) is 0 Å². The Balaban J connectivity index is 2.06. The molecule has 4 N–H and O–H groups in total. The molecule has 104 valence electrons. The van der Waals surface area contributed by atoms with E-state index in [1.807, 2.05) is 6.92 Å². The van der Waals surface area contributed by atoms with Crippen molar-refractivity contribution in [1.29, 1.82) is 0 Å². The third-order valence-corrected chi connectivity index (χ3v) is 3.19. The summed E-state index contributed by atoms with van der Waals surface area (Å²) < 4.78 is 4.59. The SMILES string of the molecule is COC(=O)NC1CCN(c2ncnc(NN)c2C)C1. The van der Waals surface area contributed by atoms with E-state index in [4.69, 9.17) is 5.84 Å². The number of nitrogens with zero attached hydrogens (tertiary/aromatic N) is 3. The zero-order valence-electron chi connectivity index (χ0n) is 11.0. The predicted molar refractivity (Wildman–Crippen MR) is 70.7 cm³/mol. The van der Waals surface area contributed by atoms with Gasteiger partial charge in [-0.3, -0.25) is 0 Å². The highest BCUT2D eigenvalue weighted by molar-refractivity contribution is 5.67. The Kier molecular flexibility index (Phi) is 4.00. The largest absolute Gasteiger partial charge is 0.453 e. The standard InChI is InChI=1S/C11H18N6O2/c1-7-9(16-12)13-6-14-10(7)17-4-3-8(5-17)15-11(18)19-2/h6,8H,3-5,12H2,1-2H3,(H,15,18)(H,13,14,16). The highest BCUT2D eigenvalue weighted by Crippen LogP contribution is 2.24. The number of alkyl carbamates (subject to hydrolysis) is 1. The van der Waals surface area contributed by atoms with Crippen LogP contribution >= 0.6 is 0 Å². The number of nitrogen functional groups attached to an aromatic ring is 1. The van der Waals surface area contributed by atoms with Gasteiger partial charge in [0, 0.05) is 18.7 Å². The Bertz CT molecular complexity index is 466. The number of rotatable bonds is 3. The van der Waals surface area contributed by atoms with E-state index >= 15 is 0 Å². The molecule has 0 saturated carbocycles. The summed E-state index contributed by atoms with van der Waals surface area (Å²) in [6.45, 7) is 3.42. The van der Waals surface area contributed by atoms with Crippen LogP contribution in [0.4, 0.5) is 16.4 Å². The van der Waals surface area contributed by atoms with Gasteiger partial charge in [-0.25, -0.2) is 20.6 Å². The summed E-state index contributed by atoms with van der Waals surface area (Å²) >= 11 is 0. The molecule has 8 nitrogen and oxygen atoms in total. The summed E-state index contributed by atoms with van der Waals surface area (Å²) in [5.74, 6) is 6.83. The number of anilines is 2. The number of hydrogen-bond donors (Lipinski definition) is 3. The van der Waals surface area contributed by atoms with E-state index in [1.165, 1.54) is 13.4 Å². The minimum absolute atomic E-state index is 0.0658. The number of nitrogens with one attached hydrogen (secondary N) is 2. The van der Waals surface area contributed by atoms with Crippen LogP contribution in [0.25, 0.3) is 0 Å². The van der Waals surface area contributed by atoms with Gasteiger partial charge in [-0.1, -0.05) is 0 Å². The maximum absolute atomic E-state index is 11.2. The van der Waals surface area contributed by atoms with Gasteiger partial charge < -0.3 is 20.4 Å². The van der Waals surface area contributed by atoms with Crippen molar-refractivity contribution < 1.29 is 9.53 Å². The molecule has 0 aromatic carbocycles. The molecule has 19 heavy (non-hydrogen) atoms. The zero-order valence-corrected chi connectivity index (χ0v) is 11.0. The van der Waals surface area contributed by atoms with Crippen LogP contribution < -0.4 is 21.5 Å². The Hall–Kier alpha value is -2.09. The normalized spacial score (nSPS) is 18.3. The van der Waals surface area contributed by atoms with Crippen molar-refractivity contribution in [3.8, 4) is 0 Å². The first-order valence-electron chi connectivity index (χ1n) is 6.03. The van der Waals surface area contributed by atoms with Crippen molar-refractivity contribution in [2.24, 2.45) is 5.84 Å². The molecule has 2 heterocycles. The summed E-state index contributed by atoms with van der Waals surface area (Å²) in [4.78, 5) is 21.6. The van der Waals surface area contributed by atoms with E-state index in [9.17, 15) is 4.79 Å². The van der Waals surface area contributed by atoms with Crippen LogP contribution in [0.1, 0.15) is 12.0 Å². The van der Waals surface area contributed by atoms with Crippen LogP contribution in [0.2, 0.25) is 0 Å². The number of aromatic nitrogens is 2. The number of carbonyl (C=O) groups excluding carboxylic acids is 1. The molecule has 1 fully saturated rings. The summed E-state index contributed by atoms with van der Waals surface area (Å²) in [7, 11) is 1.36. The van der Waals surface area contributed by atoms with E-state index in [-0.39, 0.29) is 6.04 Å². The monoisotopic (exact) mass is 266 g/mol. The minimum atomic E-state index is -0.407. The van der Waals surface area contributed by atoms with E-state index in [1.54, 1.807) is 0 Å². The molecule has 0 aliphatic carbocycles. The number of nitrogens with two attached hydrogens (primary N) is 1. The van der Waals surface area contributed by atoms with Gasteiger partial charge in [0.2, 0.25) is 0 Å². The summed E-state index contributed by atoms with van der Waals surface area (Å²) in [5.41, 5.74) is 3.44. The summed E-state index contributed by atoms with van der Waals surface area (Å²) in [6, 6.07) is 0.0658. The first-order valence-corrected chi connectivity index (χ1v) is 6.03. The second-order valence-electron chi connectivity index (χ2n) is 4.38. The van der Waals surface area contributed by atoms with Crippen LogP contribution in [-0.4, -0.2) is 42.3 Å². The smallest absolute Gasteiger partial charge is 0.407 e. The summed E-state index contributed by atoms with van der Waals surface area (Å²) in [6.07, 6.45) is 1.92. The van der Waals surface area contributed by atoms with E-state index in [2.05, 4.69) is 30.3 Å². The molecule has 1 aromatic rings. The van der Waals surface area contributed by atoms with E-state index < -0.39 is 6.09 Å². The fourth-order valence-electron chi connectivity index (χ4n) is 2.20. The highest BCUT2D eigenvalue weighted by Gasteiger charge is 2.26. The molecule has 0 bridgehead atoms. The number of hydrazine groups is 1. The molecule has 2 rings (SSSR count). The number of methoxy groups -OCH3 is 1. The van der Waals surface area contributed by atoms with Crippen LogP contribution in [0.3, 0.4) is 0 Å². The second kappa shape index (κ2) is 5.70. The predicted octanol–water partition coefficient (Wildman–Crippen LogP) is 0.00532. The Morgan fingerprint density at radius 1 is 1.58 bits per heavy atom. The van der Waals surface area contributed by atoms with Crippen molar-refractivity contribution in [2.75, 3.05) is 30.5 Å². The van der Waals surface area contributed by atoms with Gasteiger partial charge in [-0.05, 0) is 13.3 Å². The molecule has 1 atom stereocenters. The fraction of sp³-hybridized carbons (Fsp3) is 0.545. The van der Waals surface area contributed by atoms with Crippen LogP contribution in [-0.2, 0) is 4.74 Å². The third-order valence-electron chi connectivity index (χ3n) is 3.19. The van der Waals surface area contributed by atoms with Gasteiger partial charge >= 0.3 is 6.09 Å². The fourth-order valence-corrected chi connectivity index (χ4v) is 2.20. The molecule has 1 amide bonds.